The molecule has 2 aliphatic rings. The zero-order valence-electron chi connectivity index (χ0n) is 19.9. The second-order valence-electron chi connectivity index (χ2n) is 8.06. The summed E-state index contributed by atoms with van der Waals surface area (Å²) in [6.45, 7) is 13.0. The van der Waals surface area contributed by atoms with E-state index < -0.39 is 0 Å². The standard InChI is InChI=1S/C25H33NO3.C2H6/c1-5-7-19(8-6-2)17-26-11-9-18(10-12-26)13-21-14-20-15-23(28-3)24(29-4)16-22(20)25(21)27;1-2/h5-8,15-16,18,21H,1,9-14,17H2,2-4H3;1-2H3/b8-6-,19-7+;. The summed E-state index contributed by atoms with van der Waals surface area (Å²) in [5, 5.41) is 0. The topological polar surface area (TPSA) is 38.8 Å². The maximum Gasteiger partial charge on any atom is 0.166 e. The minimum Gasteiger partial charge on any atom is -0.493 e. The van der Waals surface area contributed by atoms with E-state index in [1.54, 1.807) is 14.2 Å². The third-order valence-electron chi connectivity index (χ3n) is 6.16. The number of ether oxygens (including phenoxy) is 2. The molecule has 1 aliphatic carbocycles. The Morgan fingerprint density at radius 2 is 1.81 bits per heavy atom. The van der Waals surface area contributed by atoms with Crippen LogP contribution in [0.4, 0.5) is 0 Å². The van der Waals surface area contributed by atoms with Crippen molar-refractivity contribution >= 4 is 5.78 Å². The monoisotopic (exact) mass is 425 g/mol. The molecule has 1 aromatic rings. The van der Waals surface area contributed by atoms with Gasteiger partial charge in [0.1, 0.15) is 0 Å². The summed E-state index contributed by atoms with van der Waals surface area (Å²) in [6, 6.07) is 3.83. The minimum atomic E-state index is 0.0950. The van der Waals surface area contributed by atoms with E-state index in [9.17, 15) is 4.79 Å². The van der Waals surface area contributed by atoms with Crippen LogP contribution in [0.5, 0.6) is 11.5 Å². The molecule has 1 atom stereocenters. The summed E-state index contributed by atoms with van der Waals surface area (Å²) < 4.78 is 10.8. The fourth-order valence-corrected chi connectivity index (χ4v) is 4.66. The van der Waals surface area contributed by atoms with Crippen molar-refractivity contribution < 1.29 is 14.3 Å². The first-order chi connectivity index (χ1) is 15.1. The second kappa shape index (κ2) is 12.5. The van der Waals surface area contributed by atoms with E-state index in [1.807, 2.05) is 39.0 Å². The summed E-state index contributed by atoms with van der Waals surface area (Å²) in [7, 11) is 3.25. The molecule has 1 unspecified atom stereocenters. The molecule has 0 spiro atoms. The number of benzene rings is 1. The second-order valence-corrected chi connectivity index (χ2v) is 8.06. The predicted octanol–water partition coefficient (Wildman–Crippen LogP) is 5.88. The Hall–Kier alpha value is -2.33. The summed E-state index contributed by atoms with van der Waals surface area (Å²) in [4.78, 5) is 15.5. The molecule has 0 N–H and O–H groups in total. The van der Waals surface area contributed by atoms with Crippen LogP contribution in [-0.4, -0.2) is 44.5 Å². The molecule has 1 saturated heterocycles. The molecule has 0 aromatic heterocycles. The molecule has 0 bridgehead atoms. The molecule has 170 valence electrons. The molecule has 0 saturated carbocycles. The van der Waals surface area contributed by atoms with E-state index in [0.717, 1.165) is 56.4 Å². The molecular formula is C27H39NO3. The van der Waals surface area contributed by atoms with Crippen molar-refractivity contribution in [1.82, 2.24) is 4.90 Å². The predicted molar refractivity (Wildman–Crippen MR) is 129 cm³/mol. The molecule has 1 heterocycles. The summed E-state index contributed by atoms with van der Waals surface area (Å²) in [5.41, 5.74) is 3.21. The fraction of sp³-hybridized carbons (Fsp3) is 0.519. The lowest BCUT2D eigenvalue weighted by Crippen LogP contribution is -2.35. The number of piperidine rings is 1. The number of methoxy groups -OCH3 is 2. The normalized spacial score (nSPS) is 19.7. The van der Waals surface area contributed by atoms with Crippen molar-refractivity contribution in [2.75, 3.05) is 33.9 Å². The summed E-state index contributed by atoms with van der Waals surface area (Å²) in [5.74, 6) is 2.33. The number of rotatable bonds is 8. The van der Waals surface area contributed by atoms with Gasteiger partial charge in [-0.15, -0.1) is 0 Å². The van der Waals surface area contributed by atoms with Crippen molar-refractivity contribution in [3.63, 3.8) is 0 Å². The molecule has 4 heteroatoms. The van der Waals surface area contributed by atoms with Crippen LogP contribution in [0.25, 0.3) is 0 Å². The van der Waals surface area contributed by atoms with Gasteiger partial charge in [0.05, 0.1) is 14.2 Å². The Morgan fingerprint density at radius 1 is 1.16 bits per heavy atom. The highest BCUT2D eigenvalue weighted by atomic mass is 16.5. The third kappa shape index (κ3) is 6.33. The van der Waals surface area contributed by atoms with Gasteiger partial charge in [-0.2, -0.15) is 0 Å². The Kier molecular flexibility index (Phi) is 10.1. The Morgan fingerprint density at radius 3 is 2.39 bits per heavy atom. The number of carbonyl (C=O) groups is 1. The first-order valence-corrected chi connectivity index (χ1v) is 11.5. The molecule has 4 nitrogen and oxygen atoms in total. The van der Waals surface area contributed by atoms with Gasteiger partial charge in [0.15, 0.2) is 17.3 Å². The Balaban J connectivity index is 0.00000166. The number of hydrogen-bond donors (Lipinski definition) is 0. The van der Waals surface area contributed by atoms with Gasteiger partial charge in [-0.1, -0.05) is 44.7 Å². The smallest absolute Gasteiger partial charge is 0.166 e. The Labute approximate surface area is 188 Å². The SMILES string of the molecule is C=C/C=C(\C=C/C)CN1CCC(CC2Cc3cc(OC)c(OC)cc3C2=O)CC1.CC. The number of fused-ring (bicyclic) bond motifs is 1. The number of nitrogens with zero attached hydrogens (tertiary/aromatic N) is 1. The molecule has 1 fully saturated rings. The van der Waals surface area contributed by atoms with E-state index in [1.165, 1.54) is 5.57 Å². The van der Waals surface area contributed by atoms with Crippen molar-refractivity contribution in [3.05, 3.63) is 59.7 Å². The third-order valence-corrected chi connectivity index (χ3v) is 6.16. The highest BCUT2D eigenvalue weighted by molar-refractivity contribution is 6.02. The van der Waals surface area contributed by atoms with Crippen molar-refractivity contribution in [3.8, 4) is 11.5 Å². The first-order valence-electron chi connectivity index (χ1n) is 11.5. The van der Waals surface area contributed by atoms with Crippen molar-refractivity contribution in [2.45, 2.75) is 46.5 Å². The number of carbonyl (C=O) groups excluding carboxylic acids is 1. The zero-order valence-corrected chi connectivity index (χ0v) is 19.9. The van der Waals surface area contributed by atoms with Gasteiger partial charge in [-0.3, -0.25) is 9.69 Å². The number of likely N-dealkylation sites (tertiary alicyclic amines) is 1. The lowest BCUT2D eigenvalue weighted by molar-refractivity contribution is 0.0900. The highest BCUT2D eigenvalue weighted by Gasteiger charge is 2.34. The number of ketones is 1. The van der Waals surface area contributed by atoms with Gasteiger partial charge >= 0.3 is 0 Å². The number of hydrogen-bond acceptors (Lipinski definition) is 4. The van der Waals surface area contributed by atoms with E-state index in [4.69, 9.17) is 9.47 Å². The molecule has 0 amide bonds. The van der Waals surface area contributed by atoms with Crippen LogP contribution in [-0.2, 0) is 6.42 Å². The maximum atomic E-state index is 13.0. The van der Waals surface area contributed by atoms with Crippen LogP contribution in [0.15, 0.2) is 48.6 Å². The summed E-state index contributed by atoms with van der Waals surface area (Å²) in [6.07, 6.45) is 12.3. The molecular weight excluding hydrogens is 386 g/mol. The number of allylic oxidation sites excluding steroid dienone is 3. The molecule has 0 radical (unpaired) electrons. The molecule has 31 heavy (non-hydrogen) atoms. The van der Waals surface area contributed by atoms with E-state index in [-0.39, 0.29) is 11.7 Å². The van der Waals surface area contributed by atoms with Crippen LogP contribution < -0.4 is 9.47 Å². The van der Waals surface area contributed by atoms with E-state index >= 15 is 0 Å². The van der Waals surface area contributed by atoms with Crippen LogP contribution in [0, 0.1) is 11.8 Å². The molecule has 1 aromatic carbocycles. The van der Waals surface area contributed by atoms with Crippen LogP contribution >= 0.6 is 0 Å². The zero-order chi connectivity index (χ0) is 22.8. The highest BCUT2D eigenvalue weighted by Crippen LogP contribution is 2.39. The summed E-state index contributed by atoms with van der Waals surface area (Å²) >= 11 is 0. The molecule has 3 rings (SSSR count). The first kappa shape index (κ1) is 24.9. The van der Waals surface area contributed by atoms with Gasteiger partial charge in [0, 0.05) is 18.0 Å². The largest absolute Gasteiger partial charge is 0.493 e. The van der Waals surface area contributed by atoms with Crippen LogP contribution in [0.3, 0.4) is 0 Å². The van der Waals surface area contributed by atoms with Gasteiger partial charge < -0.3 is 9.47 Å². The molecule has 1 aliphatic heterocycles. The average Bonchev–Trinajstić information content (AvgIpc) is 3.10. The lowest BCUT2D eigenvalue weighted by Gasteiger charge is -2.33. The van der Waals surface area contributed by atoms with Gasteiger partial charge in [-0.05, 0) is 74.9 Å². The fourth-order valence-electron chi connectivity index (χ4n) is 4.66. The minimum absolute atomic E-state index is 0.0950. The number of Topliss-reactive ketones (excluding diaryl/α,β-unsaturated/α-hetero) is 1. The Bertz CT molecular complexity index is 801. The van der Waals surface area contributed by atoms with Gasteiger partial charge in [-0.25, -0.2) is 0 Å². The lowest BCUT2D eigenvalue weighted by atomic mass is 9.85. The van der Waals surface area contributed by atoms with Crippen LogP contribution in [0.1, 0.15) is 56.0 Å². The van der Waals surface area contributed by atoms with Crippen molar-refractivity contribution in [2.24, 2.45) is 11.8 Å². The van der Waals surface area contributed by atoms with Crippen LogP contribution in [0.2, 0.25) is 0 Å². The van der Waals surface area contributed by atoms with E-state index in [2.05, 4.69) is 29.7 Å². The quantitative estimate of drug-likeness (QED) is 0.488. The van der Waals surface area contributed by atoms with Gasteiger partial charge in [0.25, 0.3) is 0 Å². The van der Waals surface area contributed by atoms with Gasteiger partial charge in [0.2, 0.25) is 0 Å². The van der Waals surface area contributed by atoms with Crippen molar-refractivity contribution in [1.29, 1.82) is 0 Å². The maximum absolute atomic E-state index is 13.0. The van der Waals surface area contributed by atoms with E-state index in [0.29, 0.717) is 17.4 Å². The average molecular weight is 426 g/mol.